The van der Waals surface area contributed by atoms with Gasteiger partial charge < -0.3 is 20.5 Å². The molecule has 116 valence electrons. The number of amides is 1. The van der Waals surface area contributed by atoms with Crippen LogP contribution in [0.2, 0.25) is 0 Å². The standard InChI is InChI=1S/C17H20N2O3/c1-12-4-3-5-14(10-12)22-9-8-17(20)19-16-7-6-13(21-2)11-15(16)18/h3-7,10-11H,8-9,18H2,1-2H3,(H,19,20). The quantitative estimate of drug-likeness (QED) is 0.804. The zero-order valence-corrected chi connectivity index (χ0v) is 12.8. The summed E-state index contributed by atoms with van der Waals surface area (Å²) in [5.74, 6) is 1.26. The molecular formula is C17H20N2O3. The normalized spacial score (nSPS) is 10.1. The number of nitrogens with one attached hydrogen (secondary N) is 1. The van der Waals surface area contributed by atoms with E-state index in [-0.39, 0.29) is 12.3 Å². The summed E-state index contributed by atoms with van der Waals surface area (Å²) in [4.78, 5) is 11.9. The van der Waals surface area contributed by atoms with Gasteiger partial charge in [-0.25, -0.2) is 0 Å². The Kier molecular flexibility index (Phi) is 5.25. The van der Waals surface area contributed by atoms with Crippen molar-refractivity contribution in [3.8, 4) is 11.5 Å². The maximum atomic E-state index is 11.9. The second kappa shape index (κ2) is 7.36. The van der Waals surface area contributed by atoms with Crippen LogP contribution >= 0.6 is 0 Å². The van der Waals surface area contributed by atoms with Crippen LogP contribution in [0.3, 0.4) is 0 Å². The van der Waals surface area contributed by atoms with Gasteiger partial charge in [-0.2, -0.15) is 0 Å². The number of hydrogen-bond acceptors (Lipinski definition) is 4. The summed E-state index contributed by atoms with van der Waals surface area (Å²) in [5, 5.41) is 2.76. The van der Waals surface area contributed by atoms with Crippen LogP contribution in [0, 0.1) is 6.92 Å². The minimum Gasteiger partial charge on any atom is -0.497 e. The number of carbonyl (C=O) groups is 1. The molecule has 0 atom stereocenters. The van der Waals surface area contributed by atoms with Crippen LogP contribution in [0.15, 0.2) is 42.5 Å². The number of carbonyl (C=O) groups excluding carboxylic acids is 1. The Labute approximate surface area is 130 Å². The van der Waals surface area contributed by atoms with Gasteiger partial charge >= 0.3 is 0 Å². The van der Waals surface area contributed by atoms with Gasteiger partial charge in [-0.05, 0) is 36.8 Å². The number of rotatable bonds is 6. The molecule has 0 heterocycles. The van der Waals surface area contributed by atoms with Crippen LogP contribution in [0.5, 0.6) is 11.5 Å². The monoisotopic (exact) mass is 300 g/mol. The van der Waals surface area contributed by atoms with Gasteiger partial charge in [0.25, 0.3) is 0 Å². The summed E-state index contributed by atoms with van der Waals surface area (Å²) in [6.45, 7) is 2.30. The summed E-state index contributed by atoms with van der Waals surface area (Å²) in [7, 11) is 1.57. The van der Waals surface area contributed by atoms with Crippen LogP contribution < -0.4 is 20.5 Å². The maximum absolute atomic E-state index is 11.9. The highest BCUT2D eigenvalue weighted by Gasteiger charge is 2.07. The first-order chi connectivity index (χ1) is 10.6. The van der Waals surface area contributed by atoms with Crippen molar-refractivity contribution in [2.45, 2.75) is 13.3 Å². The van der Waals surface area contributed by atoms with Crippen LogP contribution in [-0.4, -0.2) is 19.6 Å². The average molecular weight is 300 g/mol. The number of anilines is 2. The molecule has 0 aliphatic carbocycles. The van der Waals surface area contributed by atoms with Crippen molar-refractivity contribution < 1.29 is 14.3 Å². The van der Waals surface area contributed by atoms with Crippen molar-refractivity contribution in [3.05, 3.63) is 48.0 Å². The number of aryl methyl sites for hydroxylation is 1. The molecule has 0 unspecified atom stereocenters. The lowest BCUT2D eigenvalue weighted by molar-refractivity contribution is -0.116. The van der Waals surface area contributed by atoms with E-state index in [9.17, 15) is 4.79 Å². The minimum atomic E-state index is -0.149. The van der Waals surface area contributed by atoms with Gasteiger partial charge in [0.1, 0.15) is 11.5 Å². The van der Waals surface area contributed by atoms with Crippen molar-refractivity contribution >= 4 is 17.3 Å². The molecule has 2 aromatic rings. The zero-order chi connectivity index (χ0) is 15.9. The Morgan fingerprint density at radius 1 is 1.18 bits per heavy atom. The highest BCUT2D eigenvalue weighted by Crippen LogP contribution is 2.24. The van der Waals surface area contributed by atoms with Gasteiger partial charge in [-0.15, -0.1) is 0 Å². The number of nitrogens with two attached hydrogens (primary N) is 1. The van der Waals surface area contributed by atoms with Crippen molar-refractivity contribution in [3.63, 3.8) is 0 Å². The second-order valence-corrected chi connectivity index (χ2v) is 4.92. The van der Waals surface area contributed by atoms with Crippen molar-refractivity contribution in [1.29, 1.82) is 0 Å². The van der Waals surface area contributed by atoms with E-state index in [4.69, 9.17) is 15.2 Å². The van der Waals surface area contributed by atoms with E-state index >= 15 is 0 Å². The van der Waals surface area contributed by atoms with Gasteiger partial charge in [-0.1, -0.05) is 12.1 Å². The van der Waals surface area contributed by atoms with Crippen LogP contribution in [0.25, 0.3) is 0 Å². The molecule has 5 heteroatoms. The Bertz CT molecular complexity index is 656. The van der Waals surface area contributed by atoms with Crippen LogP contribution in [-0.2, 0) is 4.79 Å². The van der Waals surface area contributed by atoms with Gasteiger partial charge in [0.05, 0.1) is 31.5 Å². The lowest BCUT2D eigenvalue weighted by Gasteiger charge is -2.10. The summed E-state index contributed by atoms with van der Waals surface area (Å²) in [6.07, 6.45) is 0.249. The molecule has 1 amide bonds. The van der Waals surface area contributed by atoms with Crippen molar-refractivity contribution in [2.24, 2.45) is 0 Å². The molecule has 0 aliphatic rings. The molecule has 0 radical (unpaired) electrons. The molecule has 0 saturated heterocycles. The largest absolute Gasteiger partial charge is 0.497 e. The van der Waals surface area contributed by atoms with Gasteiger partial charge in [0.15, 0.2) is 0 Å². The number of benzene rings is 2. The van der Waals surface area contributed by atoms with Crippen LogP contribution in [0.1, 0.15) is 12.0 Å². The molecule has 0 saturated carbocycles. The molecule has 22 heavy (non-hydrogen) atoms. The third-order valence-corrected chi connectivity index (χ3v) is 3.12. The van der Waals surface area contributed by atoms with Crippen LogP contribution in [0.4, 0.5) is 11.4 Å². The molecule has 0 spiro atoms. The lowest BCUT2D eigenvalue weighted by Crippen LogP contribution is -2.16. The Morgan fingerprint density at radius 2 is 2.00 bits per heavy atom. The zero-order valence-electron chi connectivity index (χ0n) is 12.8. The molecule has 0 fully saturated rings. The third-order valence-electron chi connectivity index (χ3n) is 3.12. The SMILES string of the molecule is COc1ccc(NC(=O)CCOc2cccc(C)c2)c(N)c1. The summed E-state index contributed by atoms with van der Waals surface area (Å²) in [5.41, 5.74) is 8.01. The fourth-order valence-corrected chi connectivity index (χ4v) is 1.96. The first kappa shape index (κ1) is 15.7. The molecule has 0 aromatic heterocycles. The van der Waals surface area contributed by atoms with E-state index in [0.717, 1.165) is 11.3 Å². The van der Waals surface area contributed by atoms with E-state index < -0.39 is 0 Å². The smallest absolute Gasteiger partial charge is 0.227 e. The number of nitrogen functional groups attached to an aromatic ring is 1. The van der Waals surface area contributed by atoms with E-state index in [2.05, 4.69) is 5.32 Å². The molecular weight excluding hydrogens is 280 g/mol. The fraction of sp³-hybridized carbons (Fsp3) is 0.235. The molecule has 0 bridgehead atoms. The molecule has 3 N–H and O–H groups in total. The first-order valence-electron chi connectivity index (χ1n) is 7.01. The Hall–Kier alpha value is -2.69. The average Bonchev–Trinajstić information content (AvgIpc) is 2.49. The first-order valence-corrected chi connectivity index (χ1v) is 7.01. The van der Waals surface area contributed by atoms with Gasteiger partial charge in [-0.3, -0.25) is 4.79 Å². The number of methoxy groups -OCH3 is 1. The second-order valence-electron chi connectivity index (χ2n) is 4.92. The Morgan fingerprint density at radius 3 is 2.68 bits per heavy atom. The topological polar surface area (TPSA) is 73.6 Å². The van der Waals surface area contributed by atoms with Crippen molar-refractivity contribution in [1.82, 2.24) is 0 Å². The van der Waals surface area contributed by atoms with Gasteiger partial charge in [0.2, 0.25) is 5.91 Å². The number of hydrogen-bond donors (Lipinski definition) is 2. The van der Waals surface area contributed by atoms with E-state index in [1.807, 2.05) is 31.2 Å². The molecule has 2 aromatic carbocycles. The highest BCUT2D eigenvalue weighted by molar-refractivity contribution is 5.94. The minimum absolute atomic E-state index is 0.149. The third kappa shape index (κ3) is 4.41. The van der Waals surface area contributed by atoms with Crippen molar-refractivity contribution in [2.75, 3.05) is 24.8 Å². The summed E-state index contributed by atoms with van der Waals surface area (Å²) >= 11 is 0. The summed E-state index contributed by atoms with van der Waals surface area (Å²) < 4.78 is 10.6. The van der Waals surface area contributed by atoms with E-state index in [1.54, 1.807) is 25.3 Å². The Balaban J connectivity index is 1.83. The number of ether oxygens (including phenoxy) is 2. The lowest BCUT2D eigenvalue weighted by atomic mass is 10.2. The fourth-order valence-electron chi connectivity index (χ4n) is 1.96. The predicted molar refractivity (Wildman–Crippen MR) is 87.3 cm³/mol. The molecule has 2 rings (SSSR count). The summed E-state index contributed by atoms with van der Waals surface area (Å²) in [6, 6.07) is 12.8. The molecule has 5 nitrogen and oxygen atoms in total. The van der Waals surface area contributed by atoms with E-state index in [0.29, 0.717) is 23.7 Å². The highest BCUT2D eigenvalue weighted by atomic mass is 16.5. The maximum Gasteiger partial charge on any atom is 0.227 e. The van der Waals surface area contributed by atoms with E-state index in [1.165, 1.54) is 0 Å². The molecule has 0 aliphatic heterocycles. The van der Waals surface area contributed by atoms with Gasteiger partial charge in [0, 0.05) is 6.07 Å². The predicted octanol–water partition coefficient (Wildman–Crippen LogP) is 2.99.